The Hall–Kier alpha value is -1.16. The molecule has 3 nitrogen and oxygen atoms in total. The highest BCUT2D eigenvalue weighted by molar-refractivity contribution is 5.26. The SMILES string of the molecule is CNCc1cc(F)cnc1OC1CCC(C)C(C)C1. The first-order chi connectivity index (χ1) is 9.10. The normalized spacial score (nSPS) is 27.3. The Bertz CT molecular complexity index is 425. The molecule has 19 heavy (non-hydrogen) atoms. The van der Waals surface area contributed by atoms with Crippen molar-refractivity contribution in [3.63, 3.8) is 0 Å². The molecule has 0 aromatic carbocycles. The van der Waals surface area contributed by atoms with Gasteiger partial charge in [0.05, 0.1) is 6.20 Å². The molecule has 0 spiro atoms. The molecule has 1 N–H and O–H groups in total. The molecule has 2 rings (SSSR count). The predicted octanol–water partition coefficient (Wildman–Crippen LogP) is 3.14. The third kappa shape index (κ3) is 3.66. The average Bonchev–Trinajstić information content (AvgIpc) is 2.37. The highest BCUT2D eigenvalue weighted by Gasteiger charge is 2.26. The zero-order valence-corrected chi connectivity index (χ0v) is 11.9. The van der Waals surface area contributed by atoms with Crippen LogP contribution < -0.4 is 10.1 Å². The van der Waals surface area contributed by atoms with Crippen molar-refractivity contribution in [2.45, 2.75) is 45.8 Å². The third-order valence-electron chi connectivity index (χ3n) is 4.09. The number of nitrogens with zero attached hydrogens (tertiary/aromatic N) is 1. The molecule has 1 aromatic heterocycles. The summed E-state index contributed by atoms with van der Waals surface area (Å²) in [6.45, 7) is 5.13. The van der Waals surface area contributed by atoms with Crippen molar-refractivity contribution >= 4 is 0 Å². The van der Waals surface area contributed by atoms with Gasteiger partial charge in [0.15, 0.2) is 0 Å². The molecule has 0 aliphatic heterocycles. The Labute approximate surface area is 114 Å². The Morgan fingerprint density at radius 2 is 2.16 bits per heavy atom. The van der Waals surface area contributed by atoms with Crippen molar-refractivity contribution in [1.29, 1.82) is 0 Å². The standard InChI is InChI=1S/C15H23FN2O/c1-10-4-5-14(6-11(10)2)19-15-12(8-17-3)7-13(16)9-18-15/h7,9-11,14,17H,4-6,8H2,1-3H3. The Morgan fingerprint density at radius 3 is 2.84 bits per heavy atom. The van der Waals surface area contributed by atoms with Crippen LogP contribution in [0.5, 0.6) is 5.88 Å². The van der Waals surface area contributed by atoms with Gasteiger partial charge in [-0.2, -0.15) is 0 Å². The van der Waals surface area contributed by atoms with Crippen LogP contribution in [0.2, 0.25) is 0 Å². The first kappa shape index (κ1) is 14.3. The number of halogens is 1. The van der Waals surface area contributed by atoms with Crippen molar-refractivity contribution in [3.05, 3.63) is 23.6 Å². The fraction of sp³-hybridized carbons (Fsp3) is 0.667. The summed E-state index contributed by atoms with van der Waals surface area (Å²) in [5.41, 5.74) is 0.786. The van der Waals surface area contributed by atoms with Crippen LogP contribution in [0.3, 0.4) is 0 Å². The Kier molecular flexibility index (Phi) is 4.75. The van der Waals surface area contributed by atoms with Crippen molar-refractivity contribution in [2.24, 2.45) is 11.8 Å². The number of hydrogen-bond acceptors (Lipinski definition) is 3. The van der Waals surface area contributed by atoms with Crippen LogP contribution >= 0.6 is 0 Å². The molecule has 1 aliphatic rings. The highest BCUT2D eigenvalue weighted by Crippen LogP contribution is 2.32. The fourth-order valence-electron chi connectivity index (χ4n) is 2.65. The van der Waals surface area contributed by atoms with E-state index in [1.807, 2.05) is 7.05 Å². The maximum Gasteiger partial charge on any atom is 0.218 e. The van der Waals surface area contributed by atoms with Crippen molar-refractivity contribution in [1.82, 2.24) is 10.3 Å². The summed E-state index contributed by atoms with van der Waals surface area (Å²) in [4.78, 5) is 4.10. The van der Waals surface area contributed by atoms with Gasteiger partial charge in [-0.15, -0.1) is 0 Å². The van der Waals surface area contributed by atoms with Crippen molar-refractivity contribution < 1.29 is 9.13 Å². The van der Waals surface area contributed by atoms with Crippen LogP contribution in [-0.4, -0.2) is 18.1 Å². The lowest BCUT2D eigenvalue weighted by atomic mass is 9.80. The molecule has 0 saturated heterocycles. The van der Waals surface area contributed by atoms with Gasteiger partial charge in [0.1, 0.15) is 11.9 Å². The lowest BCUT2D eigenvalue weighted by molar-refractivity contribution is 0.0952. The first-order valence-corrected chi connectivity index (χ1v) is 7.05. The number of hydrogen-bond donors (Lipinski definition) is 1. The monoisotopic (exact) mass is 266 g/mol. The maximum absolute atomic E-state index is 13.2. The van der Waals surface area contributed by atoms with Gasteiger partial charge < -0.3 is 10.1 Å². The smallest absolute Gasteiger partial charge is 0.218 e. The minimum atomic E-state index is -0.316. The van der Waals surface area contributed by atoms with Gasteiger partial charge in [0, 0.05) is 12.1 Å². The van der Waals surface area contributed by atoms with Crippen molar-refractivity contribution in [3.8, 4) is 5.88 Å². The van der Waals surface area contributed by atoms with Gasteiger partial charge in [-0.1, -0.05) is 13.8 Å². The van der Waals surface area contributed by atoms with Crippen LogP contribution in [-0.2, 0) is 6.54 Å². The van der Waals surface area contributed by atoms with Crippen LogP contribution in [0.4, 0.5) is 4.39 Å². The van der Waals surface area contributed by atoms with E-state index in [0.717, 1.165) is 24.3 Å². The molecule has 1 aliphatic carbocycles. The maximum atomic E-state index is 13.2. The molecule has 3 unspecified atom stereocenters. The summed E-state index contributed by atoms with van der Waals surface area (Å²) < 4.78 is 19.2. The molecule has 0 amide bonds. The topological polar surface area (TPSA) is 34.2 Å². The summed E-state index contributed by atoms with van der Waals surface area (Å²) in [5, 5.41) is 3.02. The first-order valence-electron chi connectivity index (χ1n) is 7.05. The molecule has 3 atom stereocenters. The molecule has 1 saturated carbocycles. The largest absolute Gasteiger partial charge is 0.474 e. The fourth-order valence-corrected chi connectivity index (χ4v) is 2.65. The predicted molar refractivity (Wildman–Crippen MR) is 73.6 cm³/mol. The molecule has 1 heterocycles. The van der Waals surface area contributed by atoms with Gasteiger partial charge in [0.2, 0.25) is 5.88 Å². The average molecular weight is 266 g/mol. The van der Waals surface area contributed by atoms with E-state index >= 15 is 0 Å². The van der Waals surface area contributed by atoms with E-state index in [1.54, 1.807) is 0 Å². The third-order valence-corrected chi connectivity index (χ3v) is 4.09. The molecule has 106 valence electrons. The summed E-state index contributed by atoms with van der Waals surface area (Å²) in [5.74, 6) is 1.69. The second-order valence-electron chi connectivity index (χ2n) is 5.66. The van der Waals surface area contributed by atoms with Gasteiger partial charge in [-0.3, -0.25) is 0 Å². The molecular formula is C15H23FN2O. The summed E-state index contributed by atoms with van der Waals surface area (Å²) in [6.07, 6.45) is 4.74. The van der Waals surface area contributed by atoms with Gasteiger partial charge >= 0.3 is 0 Å². The second-order valence-corrected chi connectivity index (χ2v) is 5.66. The molecule has 4 heteroatoms. The Balaban J connectivity index is 2.06. The quantitative estimate of drug-likeness (QED) is 0.909. The van der Waals surface area contributed by atoms with E-state index in [0.29, 0.717) is 18.3 Å². The number of aromatic nitrogens is 1. The molecule has 1 aromatic rings. The lowest BCUT2D eigenvalue weighted by Crippen LogP contribution is -2.29. The summed E-state index contributed by atoms with van der Waals surface area (Å²) in [6, 6.07) is 1.49. The van der Waals surface area contributed by atoms with Crippen LogP contribution in [0, 0.1) is 17.7 Å². The second kappa shape index (κ2) is 6.33. The zero-order valence-electron chi connectivity index (χ0n) is 11.9. The molecule has 1 fully saturated rings. The Morgan fingerprint density at radius 1 is 1.37 bits per heavy atom. The zero-order chi connectivity index (χ0) is 13.8. The van der Waals surface area contributed by atoms with Crippen LogP contribution in [0.1, 0.15) is 38.7 Å². The van der Waals surface area contributed by atoms with E-state index in [1.165, 1.54) is 18.7 Å². The van der Waals surface area contributed by atoms with Gasteiger partial charge in [0.25, 0.3) is 0 Å². The lowest BCUT2D eigenvalue weighted by Gasteiger charge is -2.32. The minimum Gasteiger partial charge on any atom is -0.474 e. The highest BCUT2D eigenvalue weighted by atomic mass is 19.1. The minimum absolute atomic E-state index is 0.208. The van der Waals surface area contributed by atoms with E-state index in [-0.39, 0.29) is 11.9 Å². The molecule has 0 bridgehead atoms. The summed E-state index contributed by atoms with van der Waals surface area (Å²) in [7, 11) is 1.83. The van der Waals surface area contributed by atoms with E-state index in [4.69, 9.17) is 4.74 Å². The van der Waals surface area contributed by atoms with Crippen LogP contribution in [0.25, 0.3) is 0 Å². The summed E-state index contributed by atoms with van der Waals surface area (Å²) >= 11 is 0. The molecular weight excluding hydrogens is 243 g/mol. The number of pyridine rings is 1. The number of ether oxygens (including phenoxy) is 1. The number of nitrogens with one attached hydrogen (secondary N) is 1. The molecule has 0 radical (unpaired) electrons. The van der Waals surface area contributed by atoms with Gasteiger partial charge in [-0.25, -0.2) is 9.37 Å². The number of rotatable bonds is 4. The van der Waals surface area contributed by atoms with Gasteiger partial charge in [-0.05, 0) is 44.2 Å². The van der Waals surface area contributed by atoms with E-state index in [9.17, 15) is 4.39 Å². The van der Waals surface area contributed by atoms with Crippen molar-refractivity contribution in [2.75, 3.05) is 7.05 Å². The van der Waals surface area contributed by atoms with E-state index < -0.39 is 0 Å². The van der Waals surface area contributed by atoms with E-state index in [2.05, 4.69) is 24.1 Å². The van der Waals surface area contributed by atoms with Crippen LogP contribution in [0.15, 0.2) is 12.3 Å².